The van der Waals surface area contributed by atoms with Crippen LogP contribution in [0.3, 0.4) is 0 Å². The monoisotopic (exact) mass is 346 g/mol. The van der Waals surface area contributed by atoms with Gasteiger partial charge in [-0.15, -0.1) is 0 Å². The van der Waals surface area contributed by atoms with Crippen molar-refractivity contribution in [3.05, 3.63) is 0 Å². The molecule has 0 radical (unpaired) electrons. The standard InChI is InChI=1S/C18H34O6/c1-3-5-6-7-8-9-10-17(19)24-16-15-22-14-13-21-12-11-18(20)23-4-2/h3-16H2,1-2H3. The number of rotatable bonds is 17. The van der Waals surface area contributed by atoms with Crippen LogP contribution in [0.15, 0.2) is 0 Å². The van der Waals surface area contributed by atoms with E-state index in [2.05, 4.69) is 6.92 Å². The number of ether oxygens (including phenoxy) is 4. The molecule has 0 aliphatic carbocycles. The van der Waals surface area contributed by atoms with Crippen molar-refractivity contribution in [3.8, 4) is 0 Å². The Morgan fingerprint density at radius 1 is 0.625 bits per heavy atom. The van der Waals surface area contributed by atoms with E-state index in [0.29, 0.717) is 39.5 Å². The number of hydrogen-bond acceptors (Lipinski definition) is 6. The predicted molar refractivity (Wildman–Crippen MR) is 91.8 cm³/mol. The lowest BCUT2D eigenvalue weighted by Crippen LogP contribution is -2.14. The molecule has 0 rings (SSSR count). The molecule has 0 aromatic rings. The van der Waals surface area contributed by atoms with Crippen LogP contribution < -0.4 is 0 Å². The molecule has 0 atom stereocenters. The van der Waals surface area contributed by atoms with Gasteiger partial charge in [0.2, 0.25) is 0 Å². The quantitative estimate of drug-likeness (QED) is 0.297. The van der Waals surface area contributed by atoms with Crippen molar-refractivity contribution in [2.45, 2.75) is 65.2 Å². The Balaban J connectivity index is 3.20. The first-order chi connectivity index (χ1) is 11.7. The van der Waals surface area contributed by atoms with Gasteiger partial charge >= 0.3 is 11.9 Å². The molecule has 0 N–H and O–H groups in total. The Morgan fingerprint density at radius 2 is 1.21 bits per heavy atom. The molecule has 0 spiro atoms. The van der Waals surface area contributed by atoms with Gasteiger partial charge in [-0.25, -0.2) is 0 Å². The average Bonchev–Trinajstić information content (AvgIpc) is 2.56. The summed E-state index contributed by atoms with van der Waals surface area (Å²) in [5.41, 5.74) is 0. The molecule has 0 aromatic carbocycles. The van der Waals surface area contributed by atoms with E-state index in [1.165, 1.54) is 25.7 Å². The molecular formula is C18H34O6. The minimum absolute atomic E-state index is 0.153. The number of esters is 2. The first kappa shape index (κ1) is 22.9. The Bertz CT molecular complexity index is 306. The summed E-state index contributed by atoms with van der Waals surface area (Å²) in [7, 11) is 0. The number of carbonyl (C=O) groups excluding carboxylic acids is 2. The lowest BCUT2D eigenvalue weighted by atomic mass is 10.1. The molecule has 24 heavy (non-hydrogen) atoms. The first-order valence-corrected chi connectivity index (χ1v) is 9.17. The van der Waals surface area contributed by atoms with Crippen molar-refractivity contribution in [3.63, 3.8) is 0 Å². The van der Waals surface area contributed by atoms with Crippen molar-refractivity contribution in [2.75, 3.05) is 39.6 Å². The maximum Gasteiger partial charge on any atom is 0.308 e. The topological polar surface area (TPSA) is 71.1 Å². The van der Waals surface area contributed by atoms with Gasteiger partial charge in [0.1, 0.15) is 6.61 Å². The zero-order valence-corrected chi connectivity index (χ0v) is 15.3. The second-order valence-electron chi connectivity index (χ2n) is 5.52. The predicted octanol–water partition coefficient (Wildman–Crippen LogP) is 3.27. The molecule has 0 fully saturated rings. The van der Waals surface area contributed by atoms with Gasteiger partial charge in [0, 0.05) is 6.42 Å². The summed E-state index contributed by atoms with van der Waals surface area (Å²) in [6, 6.07) is 0. The lowest BCUT2D eigenvalue weighted by molar-refractivity contribution is -0.145. The number of hydrogen-bond donors (Lipinski definition) is 0. The van der Waals surface area contributed by atoms with E-state index in [1.807, 2.05) is 0 Å². The normalized spacial score (nSPS) is 10.6. The Hall–Kier alpha value is -1.14. The van der Waals surface area contributed by atoms with Gasteiger partial charge in [0.15, 0.2) is 0 Å². The van der Waals surface area contributed by atoms with Crippen molar-refractivity contribution in [2.24, 2.45) is 0 Å². The van der Waals surface area contributed by atoms with Gasteiger partial charge in [0.05, 0.1) is 39.5 Å². The Kier molecular flexibility index (Phi) is 17.3. The van der Waals surface area contributed by atoms with E-state index in [1.54, 1.807) is 6.92 Å². The van der Waals surface area contributed by atoms with Gasteiger partial charge in [-0.3, -0.25) is 9.59 Å². The molecule has 0 aromatic heterocycles. The number of unbranched alkanes of at least 4 members (excludes halogenated alkanes) is 5. The fourth-order valence-electron chi connectivity index (χ4n) is 2.05. The molecule has 0 saturated heterocycles. The zero-order chi connectivity index (χ0) is 17.9. The van der Waals surface area contributed by atoms with Crippen LogP contribution in [-0.2, 0) is 28.5 Å². The average molecular weight is 346 g/mol. The molecule has 0 unspecified atom stereocenters. The van der Waals surface area contributed by atoms with Crippen molar-refractivity contribution in [1.29, 1.82) is 0 Å². The van der Waals surface area contributed by atoms with Crippen LogP contribution in [0.25, 0.3) is 0 Å². The van der Waals surface area contributed by atoms with Crippen LogP contribution in [0.5, 0.6) is 0 Å². The lowest BCUT2D eigenvalue weighted by Gasteiger charge is -2.07. The summed E-state index contributed by atoms with van der Waals surface area (Å²) in [4.78, 5) is 22.5. The van der Waals surface area contributed by atoms with E-state index < -0.39 is 0 Å². The highest BCUT2D eigenvalue weighted by Gasteiger charge is 2.03. The van der Waals surface area contributed by atoms with Crippen molar-refractivity contribution in [1.82, 2.24) is 0 Å². The van der Waals surface area contributed by atoms with Crippen molar-refractivity contribution < 1.29 is 28.5 Å². The van der Waals surface area contributed by atoms with Crippen LogP contribution in [0.1, 0.15) is 65.2 Å². The van der Waals surface area contributed by atoms with Gasteiger partial charge in [0.25, 0.3) is 0 Å². The molecule has 0 aliphatic rings. The fourth-order valence-corrected chi connectivity index (χ4v) is 2.05. The summed E-state index contributed by atoms with van der Waals surface area (Å²) in [5.74, 6) is -0.407. The minimum atomic E-state index is -0.254. The SMILES string of the molecule is CCCCCCCCC(=O)OCCOCCOCCC(=O)OCC. The molecule has 0 heterocycles. The largest absolute Gasteiger partial charge is 0.466 e. The van der Waals surface area contributed by atoms with Gasteiger partial charge in [-0.05, 0) is 13.3 Å². The number of carbonyl (C=O) groups is 2. The summed E-state index contributed by atoms with van der Waals surface area (Å²) in [6.45, 7) is 6.14. The summed E-state index contributed by atoms with van der Waals surface area (Å²) >= 11 is 0. The van der Waals surface area contributed by atoms with E-state index in [4.69, 9.17) is 18.9 Å². The van der Waals surface area contributed by atoms with E-state index in [0.717, 1.165) is 12.8 Å². The van der Waals surface area contributed by atoms with Crippen LogP contribution in [-0.4, -0.2) is 51.6 Å². The highest BCUT2D eigenvalue weighted by Crippen LogP contribution is 2.07. The van der Waals surface area contributed by atoms with Crippen LogP contribution in [0.2, 0.25) is 0 Å². The van der Waals surface area contributed by atoms with E-state index >= 15 is 0 Å². The maximum absolute atomic E-state index is 11.5. The molecule has 6 heteroatoms. The van der Waals surface area contributed by atoms with Crippen LogP contribution >= 0.6 is 0 Å². The molecule has 142 valence electrons. The van der Waals surface area contributed by atoms with Crippen LogP contribution in [0, 0.1) is 0 Å². The third kappa shape index (κ3) is 17.2. The fraction of sp³-hybridized carbons (Fsp3) is 0.889. The summed E-state index contributed by atoms with van der Waals surface area (Å²) in [5, 5.41) is 0. The highest BCUT2D eigenvalue weighted by atomic mass is 16.6. The highest BCUT2D eigenvalue weighted by molar-refractivity contribution is 5.69. The van der Waals surface area contributed by atoms with E-state index in [9.17, 15) is 9.59 Å². The van der Waals surface area contributed by atoms with Gasteiger partial charge in [-0.2, -0.15) is 0 Å². The molecule has 0 saturated carbocycles. The zero-order valence-electron chi connectivity index (χ0n) is 15.3. The van der Waals surface area contributed by atoms with Gasteiger partial charge in [-0.1, -0.05) is 39.0 Å². The molecule has 0 bridgehead atoms. The second-order valence-corrected chi connectivity index (χ2v) is 5.52. The van der Waals surface area contributed by atoms with Crippen LogP contribution in [0.4, 0.5) is 0 Å². The Morgan fingerprint density at radius 3 is 1.92 bits per heavy atom. The maximum atomic E-state index is 11.5. The summed E-state index contributed by atoms with van der Waals surface area (Å²) < 4.78 is 20.4. The van der Waals surface area contributed by atoms with Gasteiger partial charge < -0.3 is 18.9 Å². The summed E-state index contributed by atoms with van der Waals surface area (Å²) in [6.07, 6.45) is 7.69. The molecule has 0 amide bonds. The molecule has 0 aliphatic heterocycles. The smallest absolute Gasteiger partial charge is 0.308 e. The second kappa shape index (κ2) is 18.2. The third-order valence-electron chi connectivity index (χ3n) is 3.35. The molecular weight excluding hydrogens is 312 g/mol. The third-order valence-corrected chi connectivity index (χ3v) is 3.35. The molecule has 6 nitrogen and oxygen atoms in total. The van der Waals surface area contributed by atoms with Crippen molar-refractivity contribution >= 4 is 11.9 Å². The Labute approximate surface area is 146 Å². The van der Waals surface area contributed by atoms with E-state index in [-0.39, 0.29) is 25.0 Å². The minimum Gasteiger partial charge on any atom is -0.466 e. The first-order valence-electron chi connectivity index (χ1n) is 9.17.